The van der Waals surface area contributed by atoms with Crippen molar-refractivity contribution in [2.24, 2.45) is 0 Å². The molecule has 0 bridgehead atoms. The smallest absolute Gasteiger partial charge is 0.251 e. The molecule has 0 aliphatic carbocycles. The van der Waals surface area contributed by atoms with Crippen molar-refractivity contribution in [1.29, 1.82) is 0 Å². The fourth-order valence-corrected chi connectivity index (χ4v) is 5.43. The highest BCUT2D eigenvalue weighted by atomic mass is 35.5. The van der Waals surface area contributed by atoms with Gasteiger partial charge in [-0.15, -0.1) is 0 Å². The average molecular weight is 515 g/mol. The van der Waals surface area contributed by atoms with Crippen molar-refractivity contribution in [3.05, 3.63) is 88.9 Å². The number of hydrogen-bond acceptors (Lipinski definition) is 5. The normalized spacial score (nSPS) is 14.0. The van der Waals surface area contributed by atoms with Crippen LogP contribution in [0.1, 0.15) is 28.8 Å². The van der Waals surface area contributed by atoms with Crippen molar-refractivity contribution in [2.75, 3.05) is 26.2 Å². The molecule has 1 aliphatic rings. The SMILES string of the molecule is O=C(NCCOc1ccc(S(=O)(=O)N2CCCC2)cc1)c1cccc(OCc2ccccc2Cl)c1. The summed E-state index contributed by atoms with van der Waals surface area (Å²) in [5.74, 6) is 0.858. The summed E-state index contributed by atoms with van der Waals surface area (Å²) in [6.45, 7) is 1.97. The van der Waals surface area contributed by atoms with E-state index in [1.54, 1.807) is 54.6 Å². The van der Waals surface area contributed by atoms with Crippen LogP contribution in [0.4, 0.5) is 0 Å². The van der Waals surface area contributed by atoms with E-state index >= 15 is 0 Å². The second kappa shape index (κ2) is 11.6. The first-order chi connectivity index (χ1) is 16.9. The maximum absolute atomic E-state index is 12.6. The molecule has 0 atom stereocenters. The summed E-state index contributed by atoms with van der Waals surface area (Å²) < 4.78 is 38.1. The Hall–Kier alpha value is -3.07. The summed E-state index contributed by atoms with van der Waals surface area (Å²) in [4.78, 5) is 12.8. The van der Waals surface area contributed by atoms with Crippen LogP contribution < -0.4 is 14.8 Å². The summed E-state index contributed by atoms with van der Waals surface area (Å²) in [6, 6.07) is 20.7. The predicted octanol–water partition coefficient (Wildman–Crippen LogP) is 4.51. The van der Waals surface area contributed by atoms with Gasteiger partial charge in [-0.3, -0.25) is 4.79 Å². The number of benzene rings is 3. The molecule has 0 spiro atoms. The fourth-order valence-electron chi connectivity index (χ4n) is 3.72. The first-order valence-corrected chi connectivity index (χ1v) is 13.2. The van der Waals surface area contributed by atoms with E-state index in [-0.39, 0.29) is 24.0 Å². The van der Waals surface area contributed by atoms with E-state index in [0.29, 0.717) is 41.8 Å². The highest BCUT2D eigenvalue weighted by Crippen LogP contribution is 2.23. The number of sulfonamides is 1. The van der Waals surface area contributed by atoms with Gasteiger partial charge < -0.3 is 14.8 Å². The lowest BCUT2D eigenvalue weighted by Gasteiger charge is -2.15. The Balaban J connectivity index is 1.23. The van der Waals surface area contributed by atoms with Crippen LogP contribution in [-0.4, -0.2) is 44.9 Å². The Morgan fingerprint density at radius 1 is 0.914 bits per heavy atom. The Kier molecular flexibility index (Phi) is 8.28. The molecule has 1 N–H and O–H groups in total. The van der Waals surface area contributed by atoms with E-state index in [0.717, 1.165) is 18.4 Å². The number of amides is 1. The maximum atomic E-state index is 12.6. The van der Waals surface area contributed by atoms with Crippen molar-refractivity contribution in [3.8, 4) is 11.5 Å². The summed E-state index contributed by atoms with van der Waals surface area (Å²) in [6.07, 6.45) is 1.79. The number of halogens is 1. The van der Waals surface area contributed by atoms with Crippen LogP contribution in [0.15, 0.2) is 77.7 Å². The minimum Gasteiger partial charge on any atom is -0.492 e. The van der Waals surface area contributed by atoms with Crippen LogP contribution in [0, 0.1) is 0 Å². The third-order valence-electron chi connectivity index (χ3n) is 5.63. The van der Waals surface area contributed by atoms with Crippen molar-refractivity contribution in [1.82, 2.24) is 9.62 Å². The molecule has 184 valence electrons. The van der Waals surface area contributed by atoms with Crippen molar-refractivity contribution < 1.29 is 22.7 Å². The molecule has 0 unspecified atom stereocenters. The summed E-state index contributed by atoms with van der Waals surface area (Å²) >= 11 is 6.16. The summed E-state index contributed by atoms with van der Waals surface area (Å²) in [5, 5.41) is 3.44. The van der Waals surface area contributed by atoms with Gasteiger partial charge in [0.15, 0.2) is 0 Å². The third kappa shape index (κ3) is 6.54. The first kappa shape index (κ1) is 25.0. The Morgan fingerprint density at radius 2 is 1.66 bits per heavy atom. The number of nitrogens with zero attached hydrogens (tertiary/aromatic N) is 1. The second-order valence-corrected chi connectivity index (χ2v) is 10.4. The molecule has 35 heavy (non-hydrogen) atoms. The van der Waals surface area contributed by atoms with Crippen molar-refractivity contribution in [2.45, 2.75) is 24.3 Å². The molecule has 0 aromatic heterocycles. The van der Waals surface area contributed by atoms with E-state index in [9.17, 15) is 13.2 Å². The largest absolute Gasteiger partial charge is 0.492 e. The van der Waals surface area contributed by atoms with Gasteiger partial charge >= 0.3 is 0 Å². The number of carbonyl (C=O) groups excluding carboxylic acids is 1. The van der Waals surface area contributed by atoms with E-state index in [1.807, 2.05) is 18.2 Å². The molecular weight excluding hydrogens is 488 g/mol. The second-order valence-electron chi connectivity index (χ2n) is 8.09. The zero-order chi connectivity index (χ0) is 24.7. The fraction of sp³-hybridized carbons (Fsp3) is 0.269. The Morgan fingerprint density at radius 3 is 2.40 bits per heavy atom. The molecule has 0 radical (unpaired) electrons. The number of ether oxygens (including phenoxy) is 2. The van der Waals surface area contributed by atoms with Gasteiger partial charge in [-0.25, -0.2) is 8.42 Å². The minimum atomic E-state index is -3.44. The first-order valence-electron chi connectivity index (χ1n) is 11.4. The topological polar surface area (TPSA) is 84.9 Å². The summed E-state index contributed by atoms with van der Waals surface area (Å²) in [5.41, 5.74) is 1.33. The van der Waals surface area contributed by atoms with E-state index in [1.165, 1.54) is 4.31 Å². The Bertz CT molecular complexity index is 1260. The zero-order valence-corrected chi connectivity index (χ0v) is 20.7. The van der Waals surface area contributed by atoms with Gasteiger partial charge in [-0.2, -0.15) is 4.31 Å². The molecule has 1 amide bonds. The number of nitrogens with one attached hydrogen (secondary N) is 1. The third-order valence-corrected chi connectivity index (χ3v) is 7.91. The van der Waals surface area contributed by atoms with Gasteiger partial charge in [0.05, 0.1) is 11.4 Å². The molecule has 1 aliphatic heterocycles. The summed E-state index contributed by atoms with van der Waals surface area (Å²) in [7, 11) is -3.44. The maximum Gasteiger partial charge on any atom is 0.251 e. The van der Waals surface area contributed by atoms with Crippen LogP contribution in [0.25, 0.3) is 0 Å². The molecule has 1 heterocycles. The van der Waals surface area contributed by atoms with Crippen LogP contribution in [-0.2, 0) is 16.6 Å². The van der Waals surface area contributed by atoms with Crippen molar-refractivity contribution >= 4 is 27.5 Å². The molecule has 3 aromatic carbocycles. The number of rotatable bonds is 10. The molecule has 3 aromatic rings. The van der Waals surface area contributed by atoms with Gasteiger partial charge in [-0.05, 0) is 61.4 Å². The van der Waals surface area contributed by atoms with Gasteiger partial charge in [0.25, 0.3) is 5.91 Å². The van der Waals surface area contributed by atoms with Gasteiger partial charge in [0.2, 0.25) is 10.0 Å². The molecule has 7 nitrogen and oxygen atoms in total. The van der Waals surface area contributed by atoms with Crippen molar-refractivity contribution in [3.63, 3.8) is 0 Å². The van der Waals surface area contributed by atoms with Crippen LogP contribution >= 0.6 is 11.6 Å². The van der Waals surface area contributed by atoms with Crippen LogP contribution in [0.5, 0.6) is 11.5 Å². The zero-order valence-electron chi connectivity index (χ0n) is 19.2. The van der Waals surface area contributed by atoms with Crippen LogP contribution in [0.2, 0.25) is 5.02 Å². The molecule has 9 heteroatoms. The monoisotopic (exact) mass is 514 g/mol. The molecule has 1 saturated heterocycles. The number of hydrogen-bond donors (Lipinski definition) is 1. The van der Waals surface area contributed by atoms with E-state index in [4.69, 9.17) is 21.1 Å². The lowest BCUT2D eigenvalue weighted by Crippen LogP contribution is -2.28. The van der Waals surface area contributed by atoms with E-state index in [2.05, 4.69) is 5.32 Å². The van der Waals surface area contributed by atoms with E-state index < -0.39 is 10.0 Å². The standard InChI is InChI=1S/C26H27ClN2O5S/c27-25-9-2-1-6-21(25)19-34-23-8-5-7-20(18-23)26(30)28-14-17-33-22-10-12-24(13-11-22)35(31,32)29-15-3-4-16-29/h1-2,5-13,18H,3-4,14-17,19H2,(H,28,30). The predicted molar refractivity (Wildman–Crippen MR) is 134 cm³/mol. The van der Waals surface area contributed by atoms with Gasteiger partial charge in [0.1, 0.15) is 24.7 Å². The highest BCUT2D eigenvalue weighted by Gasteiger charge is 2.26. The molecule has 0 saturated carbocycles. The quantitative estimate of drug-likeness (QED) is 0.402. The minimum absolute atomic E-state index is 0.243. The van der Waals surface area contributed by atoms with Gasteiger partial charge in [0, 0.05) is 29.2 Å². The van der Waals surface area contributed by atoms with Crippen LogP contribution in [0.3, 0.4) is 0 Å². The lowest BCUT2D eigenvalue weighted by molar-refractivity contribution is 0.0946. The number of carbonyl (C=O) groups is 1. The Labute approximate surface area is 210 Å². The molecule has 4 rings (SSSR count). The highest BCUT2D eigenvalue weighted by molar-refractivity contribution is 7.89. The molecule has 1 fully saturated rings. The van der Waals surface area contributed by atoms with Gasteiger partial charge in [-0.1, -0.05) is 35.9 Å². The average Bonchev–Trinajstić information content (AvgIpc) is 3.43. The molecular formula is C26H27ClN2O5S. The lowest BCUT2D eigenvalue weighted by atomic mass is 10.2.